The molecular weight excluding hydrogens is 383 g/mol. The van der Waals surface area contributed by atoms with Crippen LogP contribution in [-0.2, 0) is 17.4 Å². The molecule has 3 atom stereocenters. The van der Waals surface area contributed by atoms with Crippen molar-refractivity contribution in [1.82, 2.24) is 20.3 Å². The molecule has 1 fully saturated rings. The van der Waals surface area contributed by atoms with Gasteiger partial charge >= 0.3 is 6.18 Å². The van der Waals surface area contributed by atoms with E-state index in [0.717, 1.165) is 18.6 Å². The van der Waals surface area contributed by atoms with Crippen molar-refractivity contribution in [2.45, 2.75) is 50.6 Å². The first-order valence-electron chi connectivity index (χ1n) is 8.62. The molecule has 0 bridgehead atoms. The van der Waals surface area contributed by atoms with Crippen LogP contribution in [0.1, 0.15) is 31.2 Å². The van der Waals surface area contributed by atoms with Crippen LogP contribution in [0.25, 0.3) is 11.3 Å². The van der Waals surface area contributed by atoms with Gasteiger partial charge in [0, 0.05) is 36.8 Å². The number of hydrogen-bond acceptors (Lipinski definition) is 5. The van der Waals surface area contributed by atoms with Gasteiger partial charge in [-0.25, -0.2) is 18.7 Å². The van der Waals surface area contributed by atoms with Crippen LogP contribution in [0.15, 0.2) is 24.7 Å². The third-order valence-corrected chi connectivity index (χ3v) is 4.63. The van der Waals surface area contributed by atoms with Crippen molar-refractivity contribution in [2.75, 3.05) is 0 Å². The highest BCUT2D eigenvalue weighted by Gasteiger charge is 2.35. The Morgan fingerprint density at radius 2 is 1.89 bits per heavy atom. The van der Waals surface area contributed by atoms with E-state index in [1.807, 2.05) is 0 Å². The summed E-state index contributed by atoms with van der Waals surface area (Å²) in [4.78, 5) is 22.6. The Kier molecular flexibility index (Phi) is 5.69. The molecule has 2 aromatic heterocycles. The number of nitrogens with one attached hydrogen (secondary N) is 1. The van der Waals surface area contributed by atoms with Crippen molar-refractivity contribution < 1.29 is 26.7 Å². The standard InChI is InChI=1S/C18H17F5N4O/c1-9-12(19)5-15(27-9)16(28)3-2-10-4-14(24-8-13(10)20)11-6-25-17(26-7-11)18(21,22)23/h4,6-9,12,15,27H,2-3,5H2,1H3/t9-,12+,15-/m0/s1. The SMILES string of the molecule is C[C@@H]1N[C@H](C(=O)CCc2cc(-c3cnc(C(F)(F)F)nc3)ncc2F)C[C@H]1F. The number of nitrogens with zero attached hydrogens (tertiary/aromatic N) is 3. The second-order valence-electron chi connectivity index (χ2n) is 6.68. The third-order valence-electron chi connectivity index (χ3n) is 4.63. The van der Waals surface area contributed by atoms with Crippen molar-refractivity contribution in [3.8, 4) is 11.3 Å². The first-order chi connectivity index (χ1) is 13.1. The van der Waals surface area contributed by atoms with E-state index in [1.54, 1.807) is 6.92 Å². The van der Waals surface area contributed by atoms with E-state index in [4.69, 9.17) is 0 Å². The van der Waals surface area contributed by atoms with Crippen molar-refractivity contribution in [3.63, 3.8) is 0 Å². The number of pyridine rings is 1. The van der Waals surface area contributed by atoms with E-state index >= 15 is 0 Å². The molecule has 2 aromatic rings. The number of alkyl halides is 4. The van der Waals surface area contributed by atoms with E-state index in [-0.39, 0.29) is 41.9 Å². The predicted molar refractivity (Wildman–Crippen MR) is 89.4 cm³/mol. The molecule has 0 aliphatic carbocycles. The second kappa shape index (κ2) is 7.86. The molecule has 10 heteroatoms. The van der Waals surface area contributed by atoms with Gasteiger partial charge in [-0.05, 0) is 25.0 Å². The normalized spacial score (nSPS) is 22.4. The molecule has 1 aliphatic heterocycles. The minimum Gasteiger partial charge on any atom is -0.302 e. The molecule has 1 saturated heterocycles. The molecule has 0 saturated carbocycles. The number of Topliss-reactive ketones (excluding diaryl/α,β-unsaturated/α-hetero) is 1. The zero-order valence-electron chi connectivity index (χ0n) is 14.8. The highest BCUT2D eigenvalue weighted by molar-refractivity contribution is 5.84. The van der Waals surface area contributed by atoms with Gasteiger partial charge in [-0.15, -0.1) is 0 Å². The summed E-state index contributed by atoms with van der Waals surface area (Å²) in [6, 6.07) is 0.340. The fourth-order valence-electron chi connectivity index (χ4n) is 3.01. The molecule has 1 aliphatic rings. The number of ketones is 1. The largest absolute Gasteiger partial charge is 0.451 e. The van der Waals surface area contributed by atoms with Crippen LogP contribution in [0.5, 0.6) is 0 Å². The Balaban J connectivity index is 1.70. The molecule has 28 heavy (non-hydrogen) atoms. The Hall–Kier alpha value is -2.49. The van der Waals surface area contributed by atoms with Crippen LogP contribution in [0, 0.1) is 5.82 Å². The van der Waals surface area contributed by atoms with E-state index in [2.05, 4.69) is 20.3 Å². The average Bonchev–Trinajstić information content (AvgIpc) is 2.99. The lowest BCUT2D eigenvalue weighted by Gasteiger charge is -2.11. The lowest BCUT2D eigenvalue weighted by Crippen LogP contribution is -2.35. The molecule has 0 radical (unpaired) electrons. The Morgan fingerprint density at radius 1 is 1.21 bits per heavy atom. The molecule has 3 rings (SSSR count). The fraction of sp³-hybridized carbons (Fsp3) is 0.444. The van der Waals surface area contributed by atoms with Gasteiger partial charge in [0.1, 0.15) is 17.8 Å². The van der Waals surface area contributed by atoms with Gasteiger partial charge in [-0.2, -0.15) is 13.2 Å². The number of carbonyl (C=O) groups is 1. The first-order valence-corrected chi connectivity index (χ1v) is 8.62. The Morgan fingerprint density at radius 3 is 2.46 bits per heavy atom. The molecule has 150 valence electrons. The van der Waals surface area contributed by atoms with Crippen LogP contribution in [0.2, 0.25) is 0 Å². The summed E-state index contributed by atoms with van der Waals surface area (Å²) in [5, 5.41) is 2.87. The van der Waals surface area contributed by atoms with Gasteiger partial charge in [-0.1, -0.05) is 0 Å². The lowest BCUT2D eigenvalue weighted by atomic mass is 10.0. The third kappa shape index (κ3) is 4.49. The summed E-state index contributed by atoms with van der Waals surface area (Å²) in [5.74, 6) is -2.14. The van der Waals surface area contributed by atoms with Crippen LogP contribution in [-0.4, -0.2) is 39.0 Å². The molecule has 5 nitrogen and oxygen atoms in total. The van der Waals surface area contributed by atoms with Gasteiger partial charge in [-0.3, -0.25) is 9.78 Å². The van der Waals surface area contributed by atoms with E-state index in [0.29, 0.717) is 0 Å². The summed E-state index contributed by atoms with van der Waals surface area (Å²) >= 11 is 0. The zero-order chi connectivity index (χ0) is 20.5. The Labute approximate surface area is 157 Å². The van der Waals surface area contributed by atoms with E-state index in [9.17, 15) is 26.7 Å². The monoisotopic (exact) mass is 400 g/mol. The van der Waals surface area contributed by atoms with Crippen molar-refractivity contribution in [3.05, 3.63) is 41.9 Å². The molecule has 0 spiro atoms. The second-order valence-corrected chi connectivity index (χ2v) is 6.68. The van der Waals surface area contributed by atoms with E-state index in [1.165, 1.54) is 6.07 Å². The average molecular weight is 400 g/mol. The topological polar surface area (TPSA) is 67.8 Å². The van der Waals surface area contributed by atoms with Crippen LogP contribution in [0.4, 0.5) is 22.0 Å². The van der Waals surface area contributed by atoms with Crippen LogP contribution < -0.4 is 5.32 Å². The minimum absolute atomic E-state index is 0.000984. The maximum atomic E-state index is 14.0. The highest BCUT2D eigenvalue weighted by atomic mass is 19.4. The number of carbonyl (C=O) groups excluding carboxylic acids is 1. The van der Waals surface area contributed by atoms with Crippen LogP contribution in [0.3, 0.4) is 0 Å². The highest BCUT2D eigenvalue weighted by Crippen LogP contribution is 2.27. The Bertz CT molecular complexity index is 846. The van der Waals surface area contributed by atoms with E-state index < -0.39 is 36.1 Å². The molecule has 3 heterocycles. The zero-order valence-corrected chi connectivity index (χ0v) is 14.8. The molecule has 0 aromatic carbocycles. The van der Waals surface area contributed by atoms with Gasteiger partial charge in [0.25, 0.3) is 0 Å². The number of rotatable bonds is 5. The first kappa shape index (κ1) is 20.2. The van der Waals surface area contributed by atoms with Gasteiger partial charge in [0.15, 0.2) is 0 Å². The number of aryl methyl sites for hydroxylation is 1. The predicted octanol–water partition coefficient (Wildman–Crippen LogP) is 3.29. The molecule has 1 N–H and O–H groups in total. The summed E-state index contributed by atoms with van der Waals surface area (Å²) in [6.45, 7) is 1.65. The molecular formula is C18H17F5N4O. The van der Waals surface area contributed by atoms with Crippen LogP contribution >= 0.6 is 0 Å². The van der Waals surface area contributed by atoms with Crippen molar-refractivity contribution >= 4 is 5.78 Å². The summed E-state index contributed by atoms with van der Waals surface area (Å²) in [5.41, 5.74) is 0.558. The van der Waals surface area contributed by atoms with Gasteiger partial charge < -0.3 is 5.32 Å². The summed E-state index contributed by atoms with van der Waals surface area (Å²) < 4.78 is 65.2. The molecule has 0 unspecified atom stereocenters. The van der Waals surface area contributed by atoms with Gasteiger partial charge in [0.2, 0.25) is 5.82 Å². The minimum atomic E-state index is -4.66. The summed E-state index contributed by atoms with van der Waals surface area (Å²) in [7, 11) is 0. The number of aromatic nitrogens is 3. The quantitative estimate of drug-likeness (QED) is 0.781. The number of hydrogen-bond donors (Lipinski definition) is 1. The maximum absolute atomic E-state index is 14.0. The van der Waals surface area contributed by atoms with Crippen molar-refractivity contribution in [2.24, 2.45) is 0 Å². The summed E-state index contributed by atoms with van der Waals surface area (Å²) in [6.07, 6.45) is -2.77. The number of halogens is 5. The lowest BCUT2D eigenvalue weighted by molar-refractivity contribution is -0.145. The van der Waals surface area contributed by atoms with Gasteiger partial charge in [0.05, 0.1) is 17.9 Å². The molecule has 0 amide bonds. The van der Waals surface area contributed by atoms with Crippen molar-refractivity contribution in [1.29, 1.82) is 0 Å². The fourth-order valence-corrected chi connectivity index (χ4v) is 3.01. The maximum Gasteiger partial charge on any atom is 0.451 e. The smallest absolute Gasteiger partial charge is 0.302 e.